The van der Waals surface area contributed by atoms with Crippen LogP contribution in [0.2, 0.25) is 5.02 Å². The van der Waals surface area contributed by atoms with Gasteiger partial charge in [0.2, 0.25) is 0 Å². The molecule has 2 rings (SSSR count). The van der Waals surface area contributed by atoms with Crippen LogP contribution >= 0.6 is 23.4 Å². The van der Waals surface area contributed by atoms with Crippen molar-refractivity contribution in [2.45, 2.75) is 44.4 Å². The van der Waals surface area contributed by atoms with Gasteiger partial charge >= 0.3 is 0 Å². The van der Waals surface area contributed by atoms with E-state index in [1.807, 2.05) is 38.1 Å². The van der Waals surface area contributed by atoms with E-state index in [4.69, 9.17) is 16.4 Å². The maximum atomic E-state index is 12.5. The van der Waals surface area contributed by atoms with Crippen LogP contribution in [0.15, 0.2) is 40.4 Å². The molecule has 0 aliphatic heterocycles. The predicted molar refractivity (Wildman–Crippen MR) is 102 cm³/mol. The fourth-order valence-electron chi connectivity index (χ4n) is 2.83. The van der Waals surface area contributed by atoms with E-state index in [0.29, 0.717) is 37.1 Å². The van der Waals surface area contributed by atoms with Crippen molar-refractivity contribution in [1.82, 2.24) is 5.48 Å². The smallest absolute Gasteiger partial charge is 0.168 e. The zero-order chi connectivity index (χ0) is 18.2. The van der Waals surface area contributed by atoms with Gasteiger partial charge in [0.05, 0.1) is 17.9 Å². The Bertz CT molecular complexity index is 623. The number of hydroxylamine groups is 1. The van der Waals surface area contributed by atoms with Crippen LogP contribution in [0.4, 0.5) is 0 Å². The van der Waals surface area contributed by atoms with Crippen LogP contribution in [0.25, 0.3) is 0 Å². The lowest BCUT2D eigenvalue weighted by Gasteiger charge is -2.24. The molecule has 136 valence electrons. The van der Waals surface area contributed by atoms with Gasteiger partial charge in [-0.05, 0) is 55.7 Å². The summed E-state index contributed by atoms with van der Waals surface area (Å²) >= 11 is 7.60. The minimum atomic E-state index is -0.0678. The Kier molecular flexibility index (Phi) is 8.00. The Morgan fingerprint density at radius 3 is 2.40 bits per heavy atom. The maximum Gasteiger partial charge on any atom is 0.168 e. The van der Waals surface area contributed by atoms with E-state index in [1.165, 1.54) is 0 Å². The Labute approximate surface area is 158 Å². The molecule has 1 aliphatic carbocycles. The number of Topliss-reactive ketones (excluding diaryl/α,β-unsaturated/α-hetero) is 2. The molecule has 1 aromatic carbocycles. The van der Waals surface area contributed by atoms with Crippen molar-refractivity contribution in [3.05, 3.63) is 40.6 Å². The molecule has 0 radical (unpaired) electrons. The number of thioether (sulfide) groups is 1. The van der Waals surface area contributed by atoms with Gasteiger partial charge in [0.25, 0.3) is 0 Å². The number of hydrogen-bond acceptors (Lipinski definition) is 5. The summed E-state index contributed by atoms with van der Waals surface area (Å²) in [5.74, 6) is 0.862. The molecule has 1 aromatic rings. The molecular weight excluding hydrogens is 358 g/mol. The first-order valence-corrected chi connectivity index (χ1v) is 9.97. The highest BCUT2D eigenvalue weighted by molar-refractivity contribution is 7.99. The fraction of sp³-hybridized carbons (Fsp3) is 0.474. The summed E-state index contributed by atoms with van der Waals surface area (Å²) in [6.07, 6.45) is 2.28. The number of carbonyl (C=O) groups is 2. The summed E-state index contributed by atoms with van der Waals surface area (Å²) in [6.45, 7) is 4.23. The van der Waals surface area contributed by atoms with E-state index >= 15 is 0 Å². The first-order chi connectivity index (χ1) is 12.0. The van der Waals surface area contributed by atoms with E-state index in [9.17, 15) is 9.59 Å². The average molecular weight is 382 g/mol. The van der Waals surface area contributed by atoms with Crippen LogP contribution in [0.5, 0.6) is 0 Å². The van der Waals surface area contributed by atoms with E-state index in [2.05, 4.69) is 5.48 Å². The van der Waals surface area contributed by atoms with E-state index < -0.39 is 0 Å². The number of hydrogen-bond donors (Lipinski definition) is 1. The monoisotopic (exact) mass is 381 g/mol. The minimum Gasteiger partial charge on any atom is -0.294 e. The van der Waals surface area contributed by atoms with Crippen molar-refractivity contribution in [3.63, 3.8) is 0 Å². The number of benzene rings is 1. The van der Waals surface area contributed by atoms with Crippen LogP contribution in [-0.2, 0) is 14.4 Å². The standard InChI is InChI=1S/C19H24ClNO3S/c1-3-16(21-24-4-2)19-17(22)11-13(12-18(19)23)9-10-25-15-7-5-14(20)6-8-15/h5-8,13,21H,3-4,9-12H2,1-2H3. The maximum absolute atomic E-state index is 12.5. The molecule has 0 amide bonds. The summed E-state index contributed by atoms with van der Waals surface area (Å²) in [5, 5.41) is 0.722. The molecule has 4 nitrogen and oxygen atoms in total. The lowest BCUT2D eigenvalue weighted by Crippen LogP contribution is -2.30. The molecule has 25 heavy (non-hydrogen) atoms. The van der Waals surface area contributed by atoms with Crippen molar-refractivity contribution in [2.75, 3.05) is 12.4 Å². The highest BCUT2D eigenvalue weighted by Gasteiger charge is 2.32. The van der Waals surface area contributed by atoms with Crippen LogP contribution in [0.1, 0.15) is 39.5 Å². The third kappa shape index (κ3) is 5.87. The van der Waals surface area contributed by atoms with Crippen molar-refractivity contribution in [3.8, 4) is 0 Å². The summed E-state index contributed by atoms with van der Waals surface area (Å²) in [6, 6.07) is 7.70. The second-order valence-electron chi connectivity index (χ2n) is 5.95. The zero-order valence-corrected chi connectivity index (χ0v) is 16.2. The normalized spacial score (nSPS) is 17.7. The molecule has 6 heteroatoms. The number of carbonyl (C=O) groups excluding carboxylic acids is 2. The summed E-state index contributed by atoms with van der Waals surface area (Å²) in [5.41, 5.74) is 3.66. The SMILES string of the molecule is CCONC(CC)=C1C(=O)CC(CCSc2ccc(Cl)cc2)CC1=O. The molecule has 0 bridgehead atoms. The van der Waals surface area contributed by atoms with Gasteiger partial charge in [-0.1, -0.05) is 18.5 Å². The molecule has 0 atom stereocenters. The number of allylic oxidation sites excluding steroid dienone is 2. The third-order valence-electron chi connectivity index (χ3n) is 4.11. The van der Waals surface area contributed by atoms with Gasteiger partial charge in [0.1, 0.15) is 0 Å². The molecule has 1 N–H and O–H groups in total. The van der Waals surface area contributed by atoms with Gasteiger partial charge in [-0.2, -0.15) is 0 Å². The van der Waals surface area contributed by atoms with Crippen LogP contribution in [0, 0.1) is 5.92 Å². The number of ketones is 2. The minimum absolute atomic E-state index is 0.0678. The van der Waals surface area contributed by atoms with Crippen molar-refractivity contribution in [2.24, 2.45) is 5.92 Å². The second kappa shape index (κ2) is 10.00. The third-order valence-corrected chi connectivity index (χ3v) is 5.41. The highest BCUT2D eigenvalue weighted by atomic mass is 35.5. The zero-order valence-electron chi connectivity index (χ0n) is 14.6. The molecule has 1 aliphatic rings. The number of nitrogens with one attached hydrogen (secondary N) is 1. The topological polar surface area (TPSA) is 55.4 Å². The Morgan fingerprint density at radius 1 is 1.20 bits per heavy atom. The van der Waals surface area contributed by atoms with Gasteiger partial charge in [0.15, 0.2) is 11.6 Å². The molecule has 0 aromatic heterocycles. The van der Waals surface area contributed by atoms with E-state index in [-0.39, 0.29) is 17.5 Å². The number of rotatable bonds is 8. The van der Waals surface area contributed by atoms with Crippen molar-refractivity contribution in [1.29, 1.82) is 0 Å². The van der Waals surface area contributed by atoms with Gasteiger partial charge < -0.3 is 0 Å². The summed E-state index contributed by atoms with van der Waals surface area (Å²) < 4.78 is 0. The Balaban J connectivity index is 1.90. The second-order valence-corrected chi connectivity index (χ2v) is 7.56. The lowest BCUT2D eigenvalue weighted by molar-refractivity contribution is -0.125. The van der Waals surface area contributed by atoms with Gasteiger partial charge in [-0.3, -0.25) is 19.9 Å². The van der Waals surface area contributed by atoms with Crippen LogP contribution in [-0.4, -0.2) is 23.9 Å². The lowest BCUT2D eigenvalue weighted by atomic mass is 9.81. The van der Waals surface area contributed by atoms with Gasteiger partial charge in [-0.15, -0.1) is 11.8 Å². The molecule has 0 spiro atoms. The van der Waals surface area contributed by atoms with Crippen molar-refractivity contribution >= 4 is 34.9 Å². The van der Waals surface area contributed by atoms with E-state index in [1.54, 1.807) is 11.8 Å². The Morgan fingerprint density at radius 2 is 1.84 bits per heavy atom. The summed E-state index contributed by atoms with van der Waals surface area (Å²) in [4.78, 5) is 31.2. The molecule has 1 fully saturated rings. The largest absolute Gasteiger partial charge is 0.294 e. The molecule has 0 saturated heterocycles. The van der Waals surface area contributed by atoms with Crippen LogP contribution < -0.4 is 5.48 Å². The summed E-state index contributed by atoms with van der Waals surface area (Å²) in [7, 11) is 0. The quantitative estimate of drug-likeness (QED) is 0.309. The first-order valence-electron chi connectivity index (χ1n) is 8.60. The number of halogens is 1. The van der Waals surface area contributed by atoms with Crippen LogP contribution in [0.3, 0.4) is 0 Å². The van der Waals surface area contributed by atoms with E-state index in [0.717, 1.165) is 22.1 Å². The molecule has 0 unspecified atom stereocenters. The average Bonchev–Trinajstić information content (AvgIpc) is 2.59. The molecular formula is C19H24ClNO3S. The van der Waals surface area contributed by atoms with Gasteiger partial charge in [-0.25, -0.2) is 0 Å². The first kappa shape index (κ1) is 20.0. The Hall–Kier alpha value is -1.30. The fourth-order valence-corrected chi connectivity index (χ4v) is 3.97. The molecule has 0 heterocycles. The van der Waals surface area contributed by atoms with Gasteiger partial charge in [0, 0.05) is 22.8 Å². The highest BCUT2D eigenvalue weighted by Crippen LogP contribution is 2.30. The predicted octanol–water partition coefficient (Wildman–Crippen LogP) is 4.58. The van der Waals surface area contributed by atoms with Crippen molar-refractivity contribution < 1.29 is 14.4 Å². The molecule has 1 saturated carbocycles.